The van der Waals surface area contributed by atoms with Crippen LogP contribution < -0.4 is 0 Å². The lowest BCUT2D eigenvalue weighted by Gasteiger charge is -2.43. The summed E-state index contributed by atoms with van der Waals surface area (Å²) in [6.45, 7) is 7.99. The molecule has 1 atom stereocenters. The molecule has 0 spiro atoms. The second-order valence-corrected chi connectivity index (χ2v) is 6.40. The number of piperidine rings is 1. The van der Waals surface area contributed by atoms with Crippen LogP contribution in [0.3, 0.4) is 0 Å². The number of aromatic nitrogens is 2. The van der Waals surface area contributed by atoms with Crippen molar-refractivity contribution < 1.29 is 0 Å². The molecule has 0 unspecified atom stereocenters. The van der Waals surface area contributed by atoms with Crippen LogP contribution in [0, 0.1) is 6.92 Å². The first kappa shape index (κ1) is 11.6. The van der Waals surface area contributed by atoms with Gasteiger partial charge in [-0.05, 0) is 26.3 Å². The van der Waals surface area contributed by atoms with E-state index >= 15 is 0 Å². The highest BCUT2D eigenvalue weighted by molar-refractivity contribution is 7.11. The van der Waals surface area contributed by atoms with E-state index in [1.165, 1.54) is 50.4 Å². The van der Waals surface area contributed by atoms with Gasteiger partial charge in [-0.15, -0.1) is 21.5 Å². The van der Waals surface area contributed by atoms with Gasteiger partial charge in [-0.3, -0.25) is 9.80 Å². The summed E-state index contributed by atoms with van der Waals surface area (Å²) < 4.78 is 0. The third kappa shape index (κ3) is 2.67. The number of hydrogen-bond acceptors (Lipinski definition) is 5. The molecule has 3 heterocycles. The highest BCUT2D eigenvalue weighted by Gasteiger charge is 2.28. The summed E-state index contributed by atoms with van der Waals surface area (Å²) >= 11 is 1.73. The maximum absolute atomic E-state index is 4.23. The summed E-state index contributed by atoms with van der Waals surface area (Å²) in [6, 6.07) is 0.798. The number of piperazine rings is 1. The minimum Gasteiger partial charge on any atom is -0.298 e. The van der Waals surface area contributed by atoms with Crippen molar-refractivity contribution in [2.24, 2.45) is 0 Å². The van der Waals surface area contributed by atoms with Gasteiger partial charge in [0.1, 0.15) is 10.0 Å². The molecule has 0 aliphatic carbocycles. The first-order chi connectivity index (χ1) is 8.31. The van der Waals surface area contributed by atoms with Crippen molar-refractivity contribution in [1.82, 2.24) is 20.0 Å². The predicted octanol–water partition coefficient (Wildman–Crippen LogP) is 1.52. The summed E-state index contributed by atoms with van der Waals surface area (Å²) in [6.07, 6.45) is 4.19. The van der Waals surface area contributed by atoms with Crippen LogP contribution in [0.2, 0.25) is 0 Å². The molecule has 0 radical (unpaired) electrons. The van der Waals surface area contributed by atoms with Crippen LogP contribution in [0.25, 0.3) is 0 Å². The lowest BCUT2D eigenvalue weighted by atomic mass is 9.99. The fourth-order valence-electron chi connectivity index (χ4n) is 2.96. The van der Waals surface area contributed by atoms with E-state index in [9.17, 15) is 0 Å². The van der Waals surface area contributed by atoms with Crippen LogP contribution in [0.15, 0.2) is 0 Å². The van der Waals surface area contributed by atoms with Crippen molar-refractivity contribution in [3.8, 4) is 0 Å². The molecule has 0 N–H and O–H groups in total. The minimum atomic E-state index is 0.798. The Kier molecular flexibility index (Phi) is 3.40. The molecule has 2 saturated heterocycles. The Morgan fingerprint density at radius 1 is 1.24 bits per heavy atom. The fourth-order valence-corrected chi connectivity index (χ4v) is 3.71. The molecule has 2 fully saturated rings. The number of rotatable bonds is 2. The van der Waals surface area contributed by atoms with E-state index in [2.05, 4.69) is 20.0 Å². The highest BCUT2D eigenvalue weighted by Crippen LogP contribution is 2.22. The molecule has 0 amide bonds. The van der Waals surface area contributed by atoms with Crippen LogP contribution in [0.4, 0.5) is 0 Å². The van der Waals surface area contributed by atoms with Gasteiger partial charge in [-0.1, -0.05) is 6.42 Å². The average molecular weight is 252 g/mol. The largest absolute Gasteiger partial charge is 0.298 e. The molecular formula is C12H20N4S. The summed E-state index contributed by atoms with van der Waals surface area (Å²) in [4.78, 5) is 5.22. The molecule has 0 saturated carbocycles. The zero-order valence-corrected chi connectivity index (χ0v) is 11.2. The number of nitrogens with zero attached hydrogens (tertiary/aromatic N) is 4. The van der Waals surface area contributed by atoms with Gasteiger partial charge in [0, 0.05) is 25.7 Å². The van der Waals surface area contributed by atoms with Crippen LogP contribution in [0.5, 0.6) is 0 Å². The number of hydrogen-bond donors (Lipinski definition) is 0. The van der Waals surface area contributed by atoms with Crippen molar-refractivity contribution in [2.45, 2.75) is 38.8 Å². The molecule has 94 valence electrons. The van der Waals surface area contributed by atoms with Crippen LogP contribution in [0.1, 0.15) is 29.3 Å². The zero-order chi connectivity index (χ0) is 11.7. The zero-order valence-electron chi connectivity index (χ0n) is 10.4. The van der Waals surface area contributed by atoms with Crippen molar-refractivity contribution in [1.29, 1.82) is 0 Å². The second-order valence-electron chi connectivity index (χ2n) is 5.14. The van der Waals surface area contributed by atoms with E-state index in [1.54, 1.807) is 11.3 Å². The Balaban J connectivity index is 1.58. The van der Waals surface area contributed by atoms with E-state index < -0.39 is 0 Å². The van der Waals surface area contributed by atoms with E-state index in [4.69, 9.17) is 0 Å². The Morgan fingerprint density at radius 3 is 3.00 bits per heavy atom. The molecule has 2 aliphatic rings. The van der Waals surface area contributed by atoms with Gasteiger partial charge in [-0.2, -0.15) is 0 Å². The van der Waals surface area contributed by atoms with Gasteiger partial charge >= 0.3 is 0 Å². The molecule has 17 heavy (non-hydrogen) atoms. The molecule has 3 rings (SSSR count). The quantitative estimate of drug-likeness (QED) is 0.799. The molecule has 0 aromatic carbocycles. The summed E-state index contributed by atoms with van der Waals surface area (Å²) in [7, 11) is 0. The predicted molar refractivity (Wildman–Crippen MR) is 69.1 cm³/mol. The van der Waals surface area contributed by atoms with Gasteiger partial charge in [0.15, 0.2) is 0 Å². The Bertz CT molecular complexity index is 378. The normalized spacial score (nSPS) is 27.0. The number of aryl methyl sites for hydroxylation is 1. The van der Waals surface area contributed by atoms with E-state index in [-0.39, 0.29) is 0 Å². The van der Waals surface area contributed by atoms with Crippen molar-refractivity contribution in [2.75, 3.05) is 26.2 Å². The highest BCUT2D eigenvalue weighted by atomic mass is 32.1. The third-order valence-electron chi connectivity index (χ3n) is 3.85. The van der Waals surface area contributed by atoms with E-state index in [1.807, 2.05) is 6.92 Å². The molecule has 4 nitrogen and oxygen atoms in total. The molecule has 5 heteroatoms. The van der Waals surface area contributed by atoms with E-state index in [0.717, 1.165) is 17.6 Å². The number of fused-ring (bicyclic) bond motifs is 1. The van der Waals surface area contributed by atoms with Gasteiger partial charge in [0.05, 0.1) is 6.54 Å². The maximum atomic E-state index is 4.23. The Labute approximate surface area is 107 Å². The lowest BCUT2D eigenvalue weighted by Crippen LogP contribution is -2.54. The maximum Gasteiger partial charge on any atom is 0.131 e. The van der Waals surface area contributed by atoms with Gasteiger partial charge in [0.2, 0.25) is 0 Å². The topological polar surface area (TPSA) is 32.3 Å². The molecular weight excluding hydrogens is 232 g/mol. The lowest BCUT2D eigenvalue weighted by molar-refractivity contribution is 0.0455. The van der Waals surface area contributed by atoms with Gasteiger partial charge < -0.3 is 0 Å². The van der Waals surface area contributed by atoms with Gasteiger partial charge in [0.25, 0.3) is 0 Å². The summed E-state index contributed by atoms with van der Waals surface area (Å²) in [5, 5.41) is 10.6. The van der Waals surface area contributed by atoms with Crippen LogP contribution in [-0.2, 0) is 6.54 Å². The Morgan fingerprint density at radius 2 is 2.18 bits per heavy atom. The molecule has 1 aromatic heterocycles. The standard InChI is InChI=1S/C12H20N4S/c1-10-13-14-12(17-10)9-15-6-7-16-5-3-2-4-11(16)8-15/h11H,2-9H2,1H3/t11-/m0/s1. The molecule has 1 aromatic rings. The van der Waals surface area contributed by atoms with Gasteiger partial charge in [-0.25, -0.2) is 0 Å². The smallest absolute Gasteiger partial charge is 0.131 e. The molecule has 2 aliphatic heterocycles. The van der Waals surface area contributed by atoms with Crippen molar-refractivity contribution >= 4 is 11.3 Å². The average Bonchev–Trinajstić information content (AvgIpc) is 2.75. The van der Waals surface area contributed by atoms with Crippen molar-refractivity contribution in [3.63, 3.8) is 0 Å². The van der Waals surface area contributed by atoms with E-state index in [0.29, 0.717) is 0 Å². The SMILES string of the molecule is Cc1nnc(CN2CCN3CCCC[C@H]3C2)s1. The summed E-state index contributed by atoms with van der Waals surface area (Å²) in [5.41, 5.74) is 0. The fraction of sp³-hybridized carbons (Fsp3) is 0.833. The van der Waals surface area contributed by atoms with Crippen LogP contribution >= 0.6 is 11.3 Å². The monoisotopic (exact) mass is 252 g/mol. The third-order valence-corrected chi connectivity index (χ3v) is 4.67. The Hall–Kier alpha value is -0.520. The molecule has 0 bridgehead atoms. The van der Waals surface area contributed by atoms with Crippen LogP contribution in [-0.4, -0.2) is 52.2 Å². The van der Waals surface area contributed by atoms with Crippen molar-refractivity contribution in [3.05, 3.63) is 10.0 Å². The summed E-state index contributed by atoms with van der Waals surface area (Å²) in [5.74, 6) is 0. The first-order valence-corrected chi connectivity index (χ1v) is 7.38. The minimum absolute atomic E-state index is 0.798. The second kappa shape index (κ2) is 5.00. The first-order valence-electron chi connectivity index (χ1n) is 6.56.